The van der Waals surface area contributed by atoms with Crippen LogP contribution in [0.1, 0.15) is 33.4 Å². The van der Waals surface area contributed by atoms with E-state index in [9.17, 15) is 5.11 Å². The summed E-state index contributed by atoms with van der Waals surface area (Å²) in [7, 11) is 0. The van der Waals surface area contributed by atoms with Gasteiger partial charge in [0, 0.05) is 11.1 Å². The summed E-state index contributed by atoms with van der Waals surface area (Å²) in [5, 5.41) is 18.3. The summed E-state index contributed by atoms with van der Waals surface area (Å²) in [6, 6.07) is 5.81. The summed E-state index contributed by atoms with van der Waals surface area (Å²) in [6.45, 7) is 9.08. The third-order valence-corrected chi connectivity index (χ3v) is 3.64. The van der Waals surface area contributed by atoms with Crippen LogP contribution in [-0.4, -0.2) is 26.5 Å². The van der Waals surface area contributed by atoms with E-state index in [0.717, 1.165) is 22.3 Å². The van der Waals surface area contributed by atoms with Crippen molar-refractivity contribution < 1.29 is 9.94 Å². The summed E-state index contributed by atoms with van der Waals surface area (Å²) in [5.41, 5.74) is 3.93. The van der Waals surface area contributed by atoms with Crippen molar-refractivity contribution in [3.8, 4) is 0 Å². The van der Waals surface area contributed by atoms with Crippen LogP contribution < -0.4 is 5.48 Å². The molecule has 0 atom stereocenters. The number of anilines is 1. The minimum atomic E-state index is -0.951. The molecule has 0 aliphatic rings. The smallest absolute Gasteiger partial charge is 0.118 e. The van der Waals surface area contributed by atoms with E-state index in [1.165, 1.54) is 0 Å². The largest absolute Gasteiger partial charge is 0.387 e. The Morgan fingerprint density at radius 1 is 1.26 bits per heavy atom. The number of rotatable bonds is 4. The van der Waals surface area contributed by atoms with Crippen LogP contribution in [0.4, 0.5) is 5.69 Å². The lowest BCUT2D eigenvalue weighted by Gasteiger charge is -2.36. The monoisotopic (exact) mass is 263 g/mol. The van der Waals surface area contributed by atoms with Gasteiger partial charge in [0.05, 0.1) is 16.8 Å². The van der Waals surface area contributed by atoms with Gasteiger partial charge in [-0.15, -0.1) is 0 Å². The van der Waals surface area contributed by atoms with E-state index in [4.69, 9.17) is 4.84 Å². The zero-order chi connectivity index (χ0) is 14.3. The lowest BCUT2D eigenvalue weighted by Crippen LogP contribution is -2.48. The first-order valence-electron chi connectivity index (χ1n) is 6.32. The molecule has 1 aromatic carbocycles. The van der Waals surface area contributed by atoms with Crippen molar-refractivity contribution in [3.63, 3.8) is 0 Å². The molecule has 0 unspecified atom stereocenters. The number of H-pyrrole nitrogens is 1. The number of aromatic nitrogens is 2. The fourth-order valence-electron chi connectivity index (χ4n) is 1.52. The number of nitrogens with one attached hydrogen (secondary N) is 2. The first-order chi connectivity index (χ1) is 8.71. The number of fused-ring (bicyclic) bond motifs is 1. The lowest BCUT2D eigenvalue weighted by atomic mass is 9.90. The van der Waals surface area contributed by atoms with Gasteiger partial charge in [-0.3, -0.25) is 15.4 Å². The number of benzene rings is 1. The Labute approximate surface area is 112 Å². The topological polar surface area (TPSA) is 70.2 Å². The molecule has 3 N–H and O–H groups in total. The normalized spacial score (nSPS) is 12.9. The number of aliphatic hydroxyl groups is 1. The van der Waals surface area contributed by atoms with Crippen LogP contribution in [0.15, 0.2) is 18.2 Å². The maximum absolute atomic E-state index is 10.0. The molecule has 0 fully saturated rings. The molecule has 5 nitrogen and oxygen atoms in total. The van der Waals surface area contributed by atoms with E-state index in [2.05, 4.69) is 15.7 Å². The van der Waals surface area contributed by atoms with E-state index in [1.54, 1.807) is 13.8 Å². The van der Waals surface area contributed by atoms with Crippen molar-refractivity contribution in [1.29, 1.82) is 0 Å². The third kappa shape index (κ3) is 2.72. The average molecular weight is 263 g/mol. The summed E-state index contributed by atoms with van der Waals surface area (Å²) < 4.78 is 0. The van der Waals surface area contributed by atoms with Gasteiger partial charge in [0.15, 0.2) is 0 Å². The highest BCUT2D eigenvalue weighted by molar-refractivity contribution is 5.84. The third-order valence-electron chi connectivity index (χ3n) is 3.64. The van der Waals surface area contributed by atoms with E-state index in [0.29, 0.717) is 0 Å². The van der Waals surface area contributed by atoms with Crippen LogP contribution >= 0.6 is 0 Å². The maximum Gasteiger partial charge on any atom is 0.118 e. The van der Waals surface area contributed by atoms with Crippen molar-refractivity contribution in [2.45, 2.75) is 45.8 Å². The molecule has 0 aliphatic heterocycles. The second-order valence-corrected chi connectivity index (χ2v) is 5.85. The fraction of sp³-hybridized carbons (Fsp3) is 0.500. The van der Waals surface area contributed by atoms with E-state index in [-0.39, 0.29) is 0 Å². The SMILES string of the molecule is Cc1[nH]nc2cc(NOC(C)(C)C(C)(C)O)ccc12. The van der Waals surface area contributed by atoms with Crippen molar-refractivity contribution >= 4 is 16.6 Å². The first kappa shape index (κ1) is 13.8. The molecular weight excluding hydrogens is 242 g/mol. The van der Waals surface area contributed by atoms with Gasteiger partial charge >= 0.3 is 0 Å². The minimum absolute atomic E-state index is 0.719. The lowest BCUT2D eigenvalue weighted by molar-refractivity contribution is -0.130. The molecule has 0 aliphatic carbocycles. The van der Waals surface area contributed by atoms with Gasteiger partial charge in [-0.1, -0.05) is 0 Å². The Hall–Kier alpha value is -1.59. The van der Waals surface area contributed by atoms with Gasteiger partial charge in [-0.05, 0) is 52.8 Å². The van der Waals surface area contributed by atoms with Crippen LogP contribution in [0.5, 0.6) is 0 Å². The Morgan fingerprint density at radius 2 is 1.95 bits per heavy atom. The predicted octanol–water partition coefficient (Wildman–Crippen LogP) is 2.76. The molecule has 0 amide bonds. The summed E-state index contributed by atoms with van der Waals surface area (Å²) >= 11 is 0. The van der Waals surface area contributed by atoms with Gasteiger partial charge < -0.3 is 5.11 Å². The molecule has 2 aromatic rings. The molecule has 0 saturated heterocycles. The van der Waals surface area contributed by atoms with Crippen LogP contribution in [0.3, 0.4) is 0 Å². The number of nitrogens with zero attached hydrogens (tertiary/aromatic N) is 1. The van der Waals surface area contributed by atoms with Gasteiger partial charge in [0.1, 0.15) is 5.60 Å². The molecule has 0 saturated carbocycles. The Kier molecular flexibility index (Phi) is 3.28. The molecule has 0 spiro atoms. The molecular formula is C14H21N3O2. The second-order valence-electron chi connectivity index (χ2n) is 5.85. The zero-order valence-corrected chi connectivity index (χ0v) is 12.0. The van der Waals surface area contributed by atoms with Crippen LogP contribution in [0.25, 0.3) is 10.9 Å². The number of hydrogen-bond acceptors (Lipinski definition) is 4. The number of hydrogen-bond donors (Lipinski definition) is 3. The fourth-order valence-corrected chi connectivity index (χ4v) is 1.52. The first-order valence-corrected chi connectivity index (χ1v) is 6.32. The Bertz CT molecular complexity index is 582. The summed E-state index contributed by atoms with van der Waals surface area (Å²) in [4.78, 5) is 5.60. The van der Waals surface area contributed by atoms with Crippen LogP contribution in [0.2, 0.25) is 0 Å². The Balaban J connectivity index is 2.14. The van der Waals surface area contributed by atoms with Gasteiger partial charge in [0.2, 0.25) is 0 Å². The molecule has 5 heteroatoms. The molecule has 104 valence electrons. The summed E-state index contributed by atoms with van der Waals surface area (Å²) in [6.07, 6.45) is 0. The standard InChI is InChI=1S/C14H21N3O2/c1-9-11-7-6-10(8-12(11)16-15-9)17-19-14(4,5)13(2,3)18/h6-8,17-18H,1-5H3,(H,15,16). The molecule has 1 aromatic heterocycles. The van der Waals surface area contributed by atoms with Crippen molar-refractivity contribution in [2.75, 3.05) is 5.48 Å². The minimum Gasteiger partial charge on any atom is -0.387 e. The zero-order valence-electron chi connectivity index (χ0n) is 12.0. The van der Waals surface area contributed by atoms with Crippen LogP contribution in [-0.2, 0) is 4.84 Å². The average Bonchev–Trinajstić information content (AvgIpc) is 2.67. The molecule has 0 bridgehead atoms. The number of aryl methyl sites for hydroxylation is 1. The van der Waals surface area contributed by atoms with Crippen molar-refractivity contribution in [3.05, 3.63) is 23.9 Å². The molecule has 0 radical (unpaired) electrons. The van der Waals surface area contributed by atoms with E-state index >= 15 is 0 Å². The summed E-state index contributed by atoms with van der Waals surface area (Å²) in [5.74, 6) is 0. The van der Waals surface area contributed by atoms with E-state index < -0.39 is 11.2 Å². The highest BCUT2D eigenvalue weighted by Gasteiger charge is 2.37. The van der Waals surface area contributed by atoms with Crippen molar-refractivity contribution in [1.82, 2.24) is 10.2 Å². The number of aromatic amines is 1. The van der Waals surface area contributed by atoms with E-state index in [1.807, 2.05) is 39.0 Å². The quantitative estimate of drug-likeness (QED) is 0.742. The van der Waals surface area contributed by atoms with Gasteiger partial charge in [-0.2, -0.15) is 5.10 Å². The second kappa shape index (κ2) is 4.51. The van der Waals surface area contributed by atoms with Gasteiger partial charge in [-0.25, -0.2) is 0 Å². The Morgan fingerprint density at radius 3 is 2.58 bits per heavy atom. The molecule has 2 rings (SSSR count). The predicted molar refractivity (Wildman–Crippen MR) is 75.9 cm³/mol. The highest BCUT2D eigenvalue weighted by Crippen LogP contribution is 2.26. The molecule has 1 heterocycles. The van der Waals surface area contributed by atoms with Gasteiger partial charge in [0.25, 0.3) is 0 Å². The van der Waals surface area contributed by atoms with Crippen LogP contribution in [0, 0.1) is 6.92 Å². The maximum atomic E-state index is 10.0. The van der Waals surface area contributed by atoms with Crippen molar-refractivity contribution in [2.24, 2.45) is 0 Å². The molecule has 19 heavy (non-hydrogen) atoms. The highest BCUT2D eigenvalue weighted by atomic mass is 16.7.